The minimum atomic E-state index is -0.972. The predicted molar refractivity (Wildman–Crippen MR) is 80.3 cm³/mol. The molecule has 0 saturated carbocycles. The van der Waals surface area contributed by atoms with E-state index in [0.717, 1.165) is 32.6 Å². The van der Waals surface area contributed by atoms with Crippen molar-refractivity contribution in [2.75, 3.05) is 32.8 Å². The van der Waals surface area contributed by atoms with Gasteiger partial charge in [0.1, 0.15) is 0 Å². The van der Waals surface area contributed by atoms with Gasteiger partial charge in [0, 0.05) is 26.2 Å². The van der Waals surface area contributed by atoms with E-state index in [2.05, 4.69) is 26.5 Å². The van der Waals surface area contributed by atoms with Crippen molar-refractivity contribution in [2.45, 2.75) is 26.2 Å². The number of hydrogen-bond donors (Lipinski definition) is 2. The van der Waals surface area contributed by atoms with Gasteiger partial charge in [0.25, 0.3) is 0 Å². The predicted octanol–water partition coefficient (Wildman–Crippen LogP) is 2.32. The number of hydrogen-bond acceptors (Lipinski definition) is 5. The summed E-state index contributed by atoms with van der Waals surface area (Å²) in [5.41, 5.74) is 0. The Morgan fingerprint density at radius 3 is 2.00 bits per heavy atom. The molecule has 2 rings (SSSR count). The molecule has 0 aromatic carbocycles. The van der Waals surface area contributed by atoms with Gasteiger partial charge < -0.3 is 19.6 Å². The normalized spacial score (nSPS) is 14.4. The first-order valence-electron chi connectivity index (χ1n) is 6.85. The average molecular weight is 290 g/mol. The summed E-state index contributed by atoms with van der Waals surface area (Å²) in [6.45, 7) is 7.36. The van der Waals surface area contributed by atoms with Crippen molar-refractivity contribution in [1.82, 2.24) is 10.6 Å². The standard InChI is InChI=1S/C5H13O2P.C4H10N2.C4H4O/c1-2-3-4-5-7-8-6;1-2-6-4-3-5-1;1-2-4-5-3-1/h2-5,8H2,1H3;5-6H,1-4H2;1-4H. The Hall–Kier alpha value is -0.610. The van der Waals surface area contributed by atoms with E-state index in [4.69, 9.17) is 0 Å². The highest BCUT2D eigenvalue weighted by molar-refractivity contribution is 7.17. The summed E-state index contributed by atoms with van der Waals surface area (Å²) >= 11 is 0. The average Bonchev–Trinajstić information content (AvgIpc) is 3.06. The second-order valence-corrected chi connectivity index (χ2v) is 4.49. The van der Waals surface area contributed by atoms with E-state index in [9.17, 15) is 4.57 Å². The van der Waals surface area contributed by atoms with Gasteiger partial charge >= 0.3 is 0 Å². The summed E-state index contributed by atoms with van der Waals surface area (Å²) in [5, 5.41) is 6.44. The lowest BCUT2D eigenvalue weighted by atomic mass is 10.3. The molecule has 112 valence electrons. The van der Waals surface area contributed by atoms with Gasteiger partial charge in [-0.25, -0.2) is 0 Å². The van der Waals surface area contributed by atoms with Gasteiger partial charge in [-0.1, -0.05) is 19.8 Å². The summed E-state index contributed by atoms with van der Waals surface area (Å²) in [4.78, 5) is 0. The van der Waals surface area contributed by atoms with Crippen LogP contribution in [0.5, 0.6) is 0 Å². The third-order valence-electron chi connectivity index (χ3n) is 2.32. The molecule has 5 nitrogen and oxygen atoms in total. The van der Waals surface area contributed by atoms with Crippen molar-refractivity contribution in [3.05, 3.63) is 24.7 Å². The fraction of sp³-hybridized carbons (Fsp3) is 0.692. The van der Waals surface area contributed by atoms with Crippen LogP contribution in [0.4, 0.5) is 0 Å². The van der Waals surface area contributed by atoms with E-state index in [1.807, 2.05) is 12.1 Å². The molecule has 1 aliphatic rings. The van der Waals surface area contributed by atoms with Crippen LogP contribution in [0.2, 0.25) is 0 Å². The van der Waals surface area contributed by atoms with E-state index >= 15 is 0 Å². The third-order valence-corrected chi connectivity index (χ3v) is 2.69. The largest absolute Gasteiger partial charge is 0.473 e. The Bertz CT molecular complexity index is 226. The molecule has 0 aliphatic carbocycles. The number of piperazine rings is 1. The highest BCUT2D eigenvalue weighted by atomic mass is 31.1. The molecule has 0 bridgehead atoms. The van der Waals surface area contributed by atoms with Gasteiger partial charge in [-0.3, -0.25) is 4.57 Å². The topological polar surface area (TPSA) is 63.5 Å². The molecule has 0 spiro atoms. The van der Waals surface area contributed by atoms with Crippen LogP contribution in [-0.4, -0.2) is 32.8 Å². The minimum Gasteiger partial charge on any atom is -0.473 e. The van der Waals surface area contributed by atoms with Crippen LogP contribution in [0.1, 0.15) is 26.2 Å². The molecule has 1 aromatic rings. The Morgan fingerprint density at radius 1 is 1.11 bits per heavy atom. The van der Waals surface area contributed by atoms with Crippen LogP contribution in [0.25, 0.3) is 0 Å². The van der Waals surface area contributed by atoms with Crippen LogP contribution in [-0.2, 0) is 9.09 Å². The fourth-order valence-electron chi connectivity index (χ4n) is 1.31. The van der Waals surface area contributed by atoms with E-state index in [1.165, 1.54) is 12.8 Å². The fourth-order valence-corrected chi connectivity index (χ4v) is 1.58. The number of nitrogens with one attached hydrogen (secondary N) is 2. The summed E-state index contributed by atoms with van der Waals surface area (Å²) < 4.78 is 19.0. The first-order valence-corrected chi connectivity index (χ1v) is 7.80. The molecule has 0 amide bonds. The smallest absolute Gasteiger partial charge is 0.179 e. The Balaban J connectivity index is 0.000000262. The lowest BCUT2D eigenvalue weighted by Gasteiger charge is -2.11. The first kappa shape index (κ1) is 18.4. The molecule has 1 aromatic heterocycles. The molecule has 0 radical (unpaired) electrons. The third kappa shape index (κ3) is 17.4. The number of furan rings is 1. The van der Waals surface area contributed by atoms with Crippen LogP contribution in [0.3, 0.4) is 0 Å². The zero-order valence-corrected chi connectivity index (χ0v) is 12.9. The van der Waals surface area contributed by atoms with Gasteiger partial charge in [0.15, 0.2) is 8.69 Å². The molecule has 6 heteroatoms. The van der Waals surface area contributed by atoms with Gasteiger partial charge in [0.2, 0.25) is 0 Å². The SMILES string of the molecule is C1CNCCN1.CCCCCO[PH2]=O.c1ccoc1. The molecular formula is C13H27N2O3P. The molecule has 1 atom stereocenters. The molecule has 1 aliphatic heterocycles. The maximum Gasteiger partial charge on any atom is 0.179 e. The molecular weight excluding hydrogens is 263 g/mol. The van der Waals surface area contributed by atoms with E-state index < -0.39 is 8.69 Å². The summed E-state index contributed by atoms with van der Waals surface area (Å²) in [6.07, 6.45) is 6.67. The highest BCUT2D eigenvalue weighted by Crippen LogP contribution is 1.99. The van der Waals surface area contributed by atoms with Crippen molar-refractivity contribution >= 4 is 8.69 Å². The van der Waals surface area contributed by atoms with Gasteiger partial charge in [-0.05, 0) is 18.6 Å². The summed E-state index contributed by atoms with van der Waals surface area (Å²) in [5.74, 6) is 0. The molecule has 2 heterocycles. The van der Waals surface area contributed by atoms with Crippen molar-refractivity contribution in [3.8, 4) is 0 Å². The summed E-state index contributed by atoms with van der Waals surface area (Å²) in [7, 11) is -0.972. The van der Waals surface area contributed by atoms with Crippen LogP contribution in [0.15, 0.2) is 29.1 Å². The van der Waals surface area contributed by atoms with Crippen molar-refractivity contribution < 1.29 is 13.5 Å². The van der Waals surface area contributed by atoms with Gasteiger partial charge in [-0.15, -0.1) is 0 Å². The molecule has 2 N–H and O–H groups in total. The molecule has 19 heavy (non-hydrogen) atoms. The minimum absolute atomic E-state index is 0.673. The van der Waals surface area contributed by atoms with Crippen molar-refractivity contribution in [1.29, 1.82) is 0 Å². The second-order valence-electron chi connectivity index (χ2n) is 3.97. The van der Waals surface area contributed by atoms with E-state index in [1.54, 1.807) is 12.5 Å². The number of rotatable bonds is 5. The van der Waals surface area contributed by atoms with Gasteiger partial charge in [-0.2, -0.15) is 0 Å². The van der Waals surface area contributed by atoms with E-state index in [-0.39, 0.29) is 0 Å². The maximum atomic E-state index is 9.75. The zero-order valence-electron chi connectivity index (χ0n) is 11.8. The molecule has 1 saturated heterocycles. The molecule has 1 unspecified atom stereocenters. The maximum absolute atomic E-state index is 9.75. The lowest BCUT2D eigenvalue weighted by Crippen LogP contribution is -2.39. The quantitative estimate of drug-likeness (QED) is 0.643. The van der Waals surface area contributed by atoms with Crippen LogP contribution in [0, 0.1) is 0 Å². The Labute approximate surface area is 117 Å². The van der Waals surface area contributed by atoms with Crippen molar-refractivity contribution in [2.24, 2.45) is 0 Å². The van der Waals surface area contributed by atoms with Crippen LogP contribution >= 0.6 is 8.69 Å². The zero-order chi connectivity index (χ0) is 14.0. The number of unbranched alkanes of at least 4 members (excludes halogenated alkanes) is 2. The second kappa shape index (κ2) is 17.4. The highest BCUT2D eigenvalue weighted by Gasteiger charge is 1.91. The van der Waals surface area contributed by atoms with Crippen LogP contribution < -0.4 is 10.6 Å². The molecule has 1 fully saturated rings. The van der Waals surface area contributed by atoms with Crippen molar-refractivity contribution in [3.63, 3.8) is 0 Å². The van der Waals surface area contributed by atoms with E-state index in [0.29, 0.717) is 6.61 Å². The Kier molecular flexibility index (Phi) is 16.8. The lowest BCUT2D eigenvalue weighted by molar-refractivity contribution is 0.330. The van der Waals surface area contributed by atoms with Gasteiger partial charge in [0.05, 0.1) is 19.1 Å². The summed E-state index contributed by atoms with van der Waals surface area (Å²) in [6, 6.07) is 3.67. The monoisotopic (exact) mass is 290 g/mol. The first-order chi connectivity index (χ1) is 9.41. The Morgan fingerprint density at radius 2 is 1.68 bits per heavy atom.